The molecule has 0 unspecified atom stereocenters. The molecule has 11 heteroatoms. The Kier molecular flexibility index (Phi) is 12.8. The van der Waals surface area contributed by atoms with Gasteiger partial charge in [-0.15, -0.1) is 0 Å². The number of nitrogens with two attached hydrogens (primary N) is 3. The van der Waals surface area contributed by atoms with E-state index < -0.39 is 30.1 Å². The molecule has 0 fully saturated rings. The molecule has 26 heavy (non-hydrogen) atoms. The topological polar surface area (TPSA) is 194 Å². The predicted molar refractivity (Wildman–Crippen MR) is 93.6 cm³/mol. The van der Waals surface area contributed by atoms with E-state index in [0.29, 0.717) is 30.4 Å². The zero-order chi connectivity index (χ0) is 20.9. The number of likely N-dealkylation sites (N-methyl/N-ethyl adjacent to an activating group) is 1. The predicted octanol–water partition coefficient (Wildman–Crippen LogP) is -2.78. The number of rotatable bonds is 10. The first-order valence-electron chi connectivity index (χ1n) is 7.96. The summed E-state index contributed by atoms with van der Waals surface area (Å²) in [5, 5.41) is 18.7. The number of aliphatic carboxylic acids is 2. The number of aliphatic imine (C=N–C) groups is 1. The summed E-state index contributed by atoms with van der Waals surface area (Å²) >= 11 is 0. The fourth-order valence-electron chi connectivity index (χ4n) is 1.82. The Hall–Kier alpha value is -2.40. The molecule has 0 saturated heterocycles. The molecule has 0 aromatic carbocycles. The van der Waals surface area contributed by atoms with Crippen LogP contribution >= 0.6 is 0 Å². The molecule has 0 aliphatic carbocycles. The van der Waals surface area contributed by atoms with E-state index in [1.165, 1.54) is 6.92 Å². The highest BCUT2D eigenvalue weighted by Gasteiger charge is 2.20. The van der Waals surface area contributed by atoms with Gasteiger partial charge in [-0.2, -0.15) is 0 Å². The molecule has 0 aromatic heterocycles. The van der Waals surface area contributed by atoms with Gasteiger partial charge in [-0.25, -0.2) is 0 Å². The molecular weight excluding hydrogens is 346 g/mol. The first kappa shape index (κ1) is 25.8. The Morgan fingerprint density at radius 3 is 2.12 bits per heavy atom. The average Bonchev–Trinajstić information content (AvgIpc) is 2.40. The van der Waals surface area contributed by atoms with Crippen LogP contribution in [-0.4, -0.2) is 79.8 Å². The first-order chi connectivity index (χ1) is 11.7. The van der Waals surface area contributed by atoms with Crippen molar-refractivity contribution in [3.05, 3.63) is 0 Å². The normalized spacial score (nSPS) is 12.8. The fourth-order valence-corrected chi connectivity index (χ4v) is 1.82. The van der Waals surface area contributed by atoms with Gasteiger partial charge in [0.15, 0.2) is 12.1 Å². The molecule has 0 aromatic rings. The lowest BCUT2D eigenvalue weighted by Crippen LogP contribution is -2.45. The van der Waals surface area contributed by atoms with Crippen LogP contribution in [-0.2, 0) is 19.1 Å². The van der Waals surface area contributed by atoms with Crippen LogP contribution in [0.25, 0.3) is 0 Å². The molecule has 0 aliphatic heterocycles. The number of carbonyl (C=O) groups excluding carboxylic acids is 2. The van der Waals surface area contributed by atoms with Gasteiger partial charge in [-0.05, 0) is 12.8 Å². The number of esters is 1. The van der Waals surface area contributed by atoms with Crippen LogP contribution in [0, 0.1) is 0 Å². The molecule has 0 aliphatic rings. The van der Waals surface area contributed by atoms with E-state index in [0.717, 1.165) is 0 Å². The standard InChI is InChI=1S/C9H17NO4.C6H14N4O2/c1-7(11)14-8(5-9(12)13)6-10(2,3)4;7-4(5(11)12)2-1-3-10-6(8)9/h8H,5-6H2,1-4H3;4H,1-3,7H2,(H,11,12)(H4,8,9,10)/t8-;4-/m10/s1. The molecule has 0 spiro atoms. The minimum atomic E-state index is -1.20. The number of carboxylic acids is 2. The van der Waals surface area contributed by atoms with Gasteiger partial charge in [-0.3, -0.25) is 14.6 Å². The molecule has 0 bridgehead atoms. The number of carboxylic acid groups (broad SMARTS) is 2. The quantitative estimate of drug-likeness (QED) is 0.102. The highest BCUT2D eigenvalue weighted by molar-refractivity contribution is 5.75. The third-order valence-corrected chi connectivity index (χ3v) is 2.76. The summed E-state index contributed by atoms with van der Waals surface area (Å²) in [6, 6.07) is -0.820. The van der Waals surface area contributed by atoms with Gasteiger partial charge in [0.05, 0.1) is 21.1 Å². The number of quaternary nitrogens is 1. The number of carbonyl (C=O) groups is 3. The monoisotopic (exact) mass is 377 g/mol. The average molecular weight is 377 g/mol. The van der Waals surface area contributed by atoms with E-state index in [2.05, 4.69) is 4.99 Å². The molecule has 0 saturated carbocycles. The van der Waals surface area contributed by atoms with Crippen LogP contribution < -0.4 is 22.3 Å². The third kappa shape index (κ3) is 19.6. The van der Waals surface area contributed by atoms with E-state index in [1.54, 1.807) is 0 Å². The van der Waals surface area contributed by atoms with E-state index in [1.807, 2.05) is 21.1 Å². The Morgan fingerprint density at radius 2 is 1.77 bits per heavy atom. The maximum absolute atomic E-state index is 10.7. The molecule has 2 atom stereocenters. The Labute approximate surface area is 153 Å². The minimum Gasteiger partial charge on any atom is -0.550 e. The largest absolute Gasteiger partial charge is 0.550 e. The number of ether oxygens (including phenoxy) is 1. The number of hydrogen-bond acceptors (Lipinski definition) is 7. The van der Waals surface area contributed by atoms with E-state index in [4.69, 9.17) is 27.0 Å². The van der Waals surface area contributed by atoms with Crippen LogP contribution in [0.15, 0.2) is 4.99 Å². The second-order valence-electron chi connectivity index (χ2n) is 6.67. The van der Waals surface area contributed by atoms with Gasteiger partial charge >= 0.3 is 11.9 Å². The summed E-state index contributed by atoms with van der Waals surface area (Å²) in [5.41, 5.74) is 15.3. The third-order valence-electron chi connectivity index (χ3n) is 2.76. The van der Waals surface area contributed by atoms with Crippen LogP contribution in [0.1, 0.15) is 26.2 Å². The van der Waals surface area contributed by atoms with E-state index in [-0.39, 0.29) is 12.4 Å². The Morgan fingerprint density at radius 1 is 1.23 bits per heavy atom. The highest BCUT2D eigenvalue weighted by atomic mass is 16.5. The SMILES string of the molecule is CC(=O)O[C@H](CC(=O)[O-])C[N+](C)(C)C.NC(N)=NCCC[C@H](N)C(=O)O. The molecule has 152 valence electrons. The summed E-state index contributed by atoms with van der Waals surface area (Å²) in [5.74, 6) is -2.66. The van der Waals surface area contributed by atoms with Crippen LogP contribution in [0.3, 0.4) is 0 Å². The molecule has 0 radical (unpaired) electrons. The van der Waals surface area contributed by atoms with Gasteiger partial charge in [0.25, 0.3) is 0 Å². The molecule has 0 heterocycles. The number of hydrogen-bond donors (Lipinski definition) is 4. The summed E-state index contributed by atoms with van der Waals surface area (Å²) in [4.78, 5) is 34.9. The summed E-state index contributed by atoms with van der Waals surface area (Å²) in [7, 11) is 5.68. The fraction of sp³-hybridized carbons (Fsp3) is 0.733. The molecule has 0 amide bonds. The Bertz CT molecular complexity index is 469. The lowest BCUT2D eigenvalue weighted by atomic mass is 10.2. The number of guanidine groups is 1. The highest BCUT2D eigenvalue weighted by Crippen LogP contribution is 2.04. The van der Waals surface area contributed by atoms with Gasteiger partial charge in [0.1, 0.15) is 12.6 Å². The molecule has 11 nitrogen and oxygen atoms in total. The summed E-state index contributed by atoms with van der Waals surface area (Å²) in [6.45, 7) is 2.13. The van der Waals surface area contributed by atoms with Crippen molar-refractivity contribution >= 4 is 23.9 Å². The lowest BCUT2D eigenvalue weighted by Gasteiger charge is -2.28. The maximum atomic E-state index is 10.7. The number of nitrogens with zero attached hydrogens (tertiary/aromatic N) is 2. The molecule has 7 N–H and O–H groups in total. The first-order valence-corrected chi connectivity index (χ1v) is 7.96. The molecule has 0 rings (SSSR count). The second kappa shape index (κ2) is 12.9. The van der Waals surface area contributed by atoms with E-state index in [9.17, 15) is 19.5 Å². The maximum Gasteiger partial charge on any atom is 0.320 e. The summed E-state index contributed by atoms with van der Waals surface area (Å²) in [6.07, 6.45) is 0.0875. The Balaban J connectivity index is 0. The van der Waals surface area contributed by atoms with Gasteiger partial charge < -0.3 is 41.4 Å². The van der Waals surface area contributed by atoms with Crippen molar-refractivity contribution in [2.45, 2.75) is 38.3 Å². The van der Waals surface area contributed by atoms with Crippen molar-refractivity contribution < 1.29 is 33.8 Å². The minimum absolute atomic E-state index is 0.0129. The van der Waals surface area contributed by atoms with Crippen molar-refractivity contribution in [2.75, 3.05) is 34.2 Å². The van der Waals surface area contributed by atoms with Gasteiger partial charge in [-0.1, -0.05) is 0 Å². The van der Waals surface area contributed by atoms with Crippen molar-refractivity contribution in [1.29, 1.82) is 0 Å². The smallest absolute Gasteiger partial charge is 0.320 e. The lowest BCUT2D eigenvalue weighted by molar-refractivity contribution is -0.873. The van der Waals surface area contributed by atoms with Crippen molar-refractivity contribution in [1.82, 2.24) is 0 Å². The van der Waals surface area contributed by atoms with Crippen LogP contribution in [0.4, 0.5) is 0 Å². The van der Waals surface area contributed by atoms with Crippen LogP contribution in [0.5, 0.6) is 0 Å². The van der Waals surface area contributed by atoms with Gasteiger partial charge in [0, 0.05) is 25.9 Å². The summed E-state index contributed by atoms with van der Waals surface area (Å²) < 4.78 is 5.39. The zero-order valence-corrected chi connectivity index (χ0v) is 15.8. The van der Waals surface area contributed by atoms with E-state index >= 15 is 0 Å². The van der Waals surface area contributed by atoms with Crippen LogP contribution in [0.2, 0.25) is 0 Å². The zero-order valence-electron chi connectivity index (χ0n) is 15.8. The second-order valence-corrected chi connectivity index (χ2v) is 6.67. The van der Waals surface area contributed by atoms with Gasteiger partial charge in [0.2, 0.25) is 0 Å². The van der Waals surface area contributed by atoms with Crippen molar-refractivity contribution in [3.8, 4) is 0 Å². The van der Waals surface area contributed by atoms with Crippen molar-refractivity contribution in [3.63, 3.8) is 0 Å². The molecular formula is C15H31N5O6. The van der Waals surface area contributed by atoms with Crippen molar-refractivity contribution in [2.24, 2.45) is 22.2 Å².